The number of benzene rings is 1. The Morgan fingerprint density at radius 2 is 1.93 bits per heavy atom. The summed E-state index contributed by atoms with van der Waals surface area (Å²) in [5, 5.41) is 0. The van der Waals surface area contributed by atoms with Crippen molar-refractivity contribution in [2.45, 2.75) is 12.3 Å². The van der Waals surface area contributed by atoms with Crippen molar-refractivity contribution in [1.82, 2.24) is 0 Å². The fourth-order valence-corrected chi connectivity index (χ4v) is 1.65. The Hall–Kier alpha value is -0.990. The highest BCUT2D eigenvalue weighted by Gasteiger charge is 2.11. The number of amides is 1. The van der Waals surface area contributed by atoms with E-state index in [0.717, 1.165) is 5.56 Å². The van der Waals surface area contributed by atoms with Gasteiger partial charge in [-0.15, -0.1) is 0 Å². The van der Waals surface area contributed by atoms with E-state index in [1.54, 1.807) is 6.08 Å². The Kier molecular flexibility index (Phi) is 4.66. The SMILES string of the molecule is NC(=O)CC(C=C(Cl)Cl)c1ccccc1. The van der Waals surface area contributed by atoms with E-state index in [1.165, 1.54) is 0 Å². The fourth-order valence-electron chi connectivity index (χ4n) is 1.34. The predicted molar refractivity (Wildman–Crippen MR) is 62.8 cm³/mol. The van der Waals surface area contributed by atoms with Gasteiger partial charge in [-0.1, -0.05) is 53.5 Å². The van der Waals surface area contributed by atoms with Gasteiger partial charge in [0.1, 0.15) is 4.49 Å². The predicted octanol–water partition coefficient (Wildman–Crippen LogP) is 2.96. The first-order valence-electron chi connectivity index (χ1n) is 4.45. The molecular weight excluding hydrogens is 233 g/mol. The normalized spacial score (nSPS) is 11.9. The number of rotatable bonds is 4. The second kappa shape index (κ2) is 5.79. The Balaban J connectivity index is 2.91. The molecule has 1 amide bonds. The summed E-state index contributed by atoms with van der Waals surface area (Å²) < 4.78 is 0.144. The summed E-state index contributed by atoms with van der Waals surface area (Å²) in [6.45, 7) is 0. The van der Waals surface area contributed by atoms with Crippen molar-refractivity contribution >= 4 is 29.1 Å². The van der Waals surface area contributed by atoms with Gasteiger partial charge in [-0.25, -0.2) is 0 Å². The number of primary amides is 1. The van der Waals surface area contributed by atoms with Crippen molar-refractivity contribution in [3.05, 3.63) is 46.5 Å². The Morgan fingerprint density at radius 1 is 1.33 bits per heavy atom. The minimum atomic E-state index is -0.380. The van der Waals surface area contributed by atoms with Crippen molar-refractivity contribution in [3.63, 3.8) is 0 Å². The first-order valence-corrected chi connectivity index (χ1v) is 5.21. The molecule has 15 heavy (non-hydrogen) atoms. The molecule has 2 N–H and O–H groups in total. The zero-order valence-electron chi connectivity index (χ0n) is 7.99. The van der Waals surface area contributed by atoms with Crippen LogP contribution in [0, 0.1) is 0 Å². The molecule has 80 valence electrons. The molecule has 0 fully saturated rings. The highest BCUT2D eigenvalue weighted by atomic mass is 35.5. The molecule has 0 aliphatic heterocycles. The lowest BCUT2D eigenvalue weighted by molar-refractivity contribution is -0.118. The maximum atomic E-state index is 10.9. The zero-order valence-corrected chi connectivity index (χ0v) is 9.50. The van der Waals surface area contributed by atoms with Gasteiger partial charge in [0.2, 0.25) is 5.91 Å². The first-order chi connectivity index (χ1) is 7.09. The molecule has 0 saturated heterocycles. The third kappa shape index (κ3) is 4.36. The van der Waals surface area contributed by atoms with Crippen LogP contribution in [-0.4, -0.2) is 5.91 Å². The molecule has 1 aromatic rings. The Labute approximate surface area is 98.7 Å². The molecule has 0 aliphatic carbocycles. The van der Waals surface area contributed by atoms with E-state index in [4.69, 9.17) is 28.9 Å². The molecule has 1 rings (SSSR count). The van der Waals surface area contributed by atoms with E-state index in [2.05, 4.69) is 0 Å². The maximum Gasteiger partial charge on any atom is 0.218 e. The van der Waals surface area contributed by atoms with Crippen LogP contribution in [0.5, 0.6) is 0 Å². The maximum absolute atomic E-state index is 10.9. The number of nitrogens with two attached hydrogens (primary N) is 1. The smallest absolute Gasteiger partial charge is 0.218 e. The van der Waals surface area contributed by atoms with Gasteiger partial charge in [0.25, 0.3) is 0 Å². The molecule has 1 atom stereocenters. The minimum absolute atomic E-state index is 0.144. The van der Waals surface area contributed by atoms with E-state index in [9.17, 15) is 4.79 Å². The topological polar surface area (TPSA) is 43.1 Å². The molecule has 4 heteroatoms. The van der Waals surface area contributed by atoms with Crippen LogP contribution in [0.15, 0.2) is 40.9 Å². The fraction of sp³-hybridized carbons (Fsp3) is 0.182. The quantitative estimate of drug-likeness (QED) is 0.869. The first kappa shape index (κ1) is 12.1. The van der Waals surface area contributed by atoms with Gasteiger partial charge in [0.15, 0.2) is 0 Å². The van der Waals surface area contributed by atoms with Crippen molar-refractivity contribution in [3.8, 4) is 0 Å². The number of hydrogen-bond acceptors (Lipinski definition) is 1. The molecule has 2 nitrogen and oxygen atoms in total. The molecule has 0 aliphatic rings. The average Bonchev–Trinajstić information content (AvgIpc) is 2.17. The van der Waals surface area contributed by atoms with Gasteiger partial charge in [-0.2, -0.15) is 0 Å². The van der Waals surface area contributed by atoms with E-state index < -0.39 is 0 Å². The highest BCUT2D eigenvalue weighted by Crippen LogP contribution is 2.24. The molecule has 0 bridgehead atoms. The average molecular weight is 244 g/mol. The highest BCUT2D eigenvalue weighted by molar-refractivity contribution is 6.55. The van der Waals surface area contributed by atoms with Crippen molar-refractivity contribution in [1.29, 1.82) is 0 Å². The van der Waals surface area contributed by atoms with Crippen molar-refractivity contribution in [2.24, 2.45) is 5.73 Å². The van der Waals surface area contributed by atoms with Crippen LogP contribution in [0.1, 0.15) is 17.9 Å². The number of halogens is 2. The van der Waals surface area contributed by atoms with Crippen molar-refractivity contribution in [2.75, 3.05) is 0 Å². The van der Waals surface area contributed by atoms with Gasteiger partial charge in [-0.3, -0.25) is 4.79 Å². The van der Waals surface area contributed by atoms with Crippen LogP contribution >= 0.6 is 23.2 Å². The Morgan fingerprint density at radius 3 is 2.40 bits per heavy atom. The third-order valence-corrected chi connectivity index (χ3v) is 2.23. The van der Waals surface area contributed by atoms with E-state index >= 15 is 0 Å². The zero-order chi connectivity index (χ0) is 11.3. The standard InChI is InChI=1S/C11H11Cl2NO/c12-10(13)6-9(7-11(14)15)8-4-2-1-3-5-8/h1-6,9H,7H2,(H2,14,15). The molecule has 0 heterocycles. The molecule has 0 spiro atoms. The molecule has 1 aromatic carbocycles. The Bertz CT molecular complexity index is 358. The van der Waals surface area contributed by atoms with Gasteiger partial charge < -0.3 is 5.73 Å². The lowest BCUT2D eigenvalue weighted by Gasteiger charge is -2.10. The second-order valence-electron chi connectivity index (χ2n) is 3.14. The monoisotopic (exact) mass is 243 g/mol. The molecule has 0 radical (unpaired) electrons. The van der Waals surface area contributed by atoms with Crippen LogP contribution in [-0.2, 0) is 4.79 Å². The summed E-state index contributed by atoms with van der Waals surface area (Å²) in [4.78, 5) is 10.9. The molecule has 0 saturated carbocycles. The third-order valence-electron chi connectivity index (χ3n) is 1.98. The van der Waals surface area contributed by atoms with Gasteiger partial charge in [0, 0.05) is 12.3 Å². The molecular formula is C11H11Cl2NO. The lowest BCUT2D eigenvalue weighted by Crippen LogP contribution is -2.14. The molecule has 0 aromatic heterocycles. The molecule has 1 unspecified atom stereocenters. The summed E-state index contributed by atoms with van der Waals surface area (Å²) in [6.07, 6.45) is 1.82. The second-order valence-corrected chi connectivity index (χ2v) is 4.15. The van der Waals surface area contributed by atoms with Gasteiger partial charge in [0.05, 0.1) is 0 Å². The summed E-state index contributed by atoms with van der Waals surface area (Å²) in [6, 6.07) is 9.48. The van der Waals surface area contributed by atoms with Crippen LogP contribution in [0.3, 0.4) is 0 Å². The summed E-state index contributed by atoms with van der Waals surface area (Å²) >= 11 is 11.2. The number of carbonyl (C=O) groups is 1. The number of carbonyl (C=O) groups excluding carboxylic acids is 1. The van der Waals surface area contributed by atoms with Gasteiger partial charge in [-0.05, 0) is 11.6 Å². The largest absolute Gasteiger partial charge is 0.370 e. The van der Waals surface area contributed by atoms with E-state index in [1.807, 2.05) is 30.3 Å². The minimum Gasteiger partial charge on any atom is -0.370 e. The number of allylic oxidation sites excluding steroid dienone is 1. The van der Waals surface area contributed by atoms with Crippen molar-refractivity contribution < 1.29 is 4.79 Å². The summed E-state index contributed by atoms with van der Waals surface area (Å²) in [5.41, 5.74) is 6.12. The summed E-state index contributed by atoms with van der Waals surface area (Å²) in [7, 11) is 0. The summed E-state index contributed by atoms with van der Waals surface area (Å²) in [5.74, 6) is -0.539. The lowest BCUT2D eigenvalue weighted by atomic mass is 9.96. The van der Waals surface area contributed by atoms with Gasteiger partial charge >= 0.3 is 0 Å². The van der Waals surface area contributed by atoms with Crippen LogP contribution in [0.4, 0.5) is 0 Å². The van der Waals surface area contributed by atoms with Crippen LogP contribution in [0.25, 0.3) is 0 Å². The van der Waals surface area contributed by atoms with E-state index in [0.29, 0.717) is 0 Å². The number of hydrogen-bond donors (Lipinski definition) is 1. The van der Waals surface area contributed by atoms with E-state index in [-0.39, 0.29) is 22.7 Å². The van der Waals surface area contributed by atoms with Crippen LogP contribution < -0.4 is 5.73 Å². The van der Waals surface area contributed by atoms with Crippen LogP contribution in [0.2, 0.25) is 0 Å².